The summed E-state index contributed by atoms with van der Waals surface area (Å²) in [5, 5.41) is 0. The second-order valence-electron chi connectivity index (χ2n) is 9.94. The van der Waals surface area contributed by atoms with Gasteiger partial charge in [-0.2, -0.15) is 13.2 Å². The average Bonchev–Trinajstić information content (AvgIpc) is 2.75. The first-order valence-electron chi connectivity index (χ1n) is 12.5. The van der Waals surface area contributed by atoms with E-state index >= 15 is 0 Å². The highest BCUT2D eigenvalue weighted by Crippen LogP contribution is 2.45. The monoisotopic (exact) mass is 456 g/mol. The van der Waals surface area contributed by atoms with E-state index in [1.807, 2.05) is 0 Å². The van der Waals surface area contributed by atoms with Crippen LogP contribution in [0.15, 0.2) is 24.3 Å². The second kappa shape index (κ2) is 11.7. The standard InChI is InChI=1S/C27H37F5/c1-2-3-4-5-6-7-8-19-9-11-20(12-10-19)21-13-15-22(16-14-21)23-17-24(28)26(25(29)18-23)27(30,31)32/h4-5,17-22H,2-3,6-16H2,1H3/b5-4+/t19-,20-,21-,22-. The molecule has 0 spiro atoms. The third kappa shape index (κ3) is 6.81. The van der Waals surface area contributed by atoms with Gasteiger partial charge in [-0.15, -0.1) is 0 Å². The highest BCUT2D eigenvalue weighted by Gasteiger charge is 2.39. The molecule has 0 atom stereocenters. The molecular formula is C27H37F5. The van der Waals surface area contributed by atoms with Crippen LogP contribution in [0.25, 0.3) is 0 Å². The normalized spacial score (nSPS) is 27.2. The summed E-state index contributed by atoms with van der Waals surface area (Å²) in [7, 11) is 0. The van der Waals surface area contributed by atoms with Gasteiger partial charge in [0.1, 0.15) is 17.2 Å². The lowest BCUT2D eigenvalue weighted by molar-refractivity contribution is -0.142. The van der Waals surface area contributed by atoms with E-state index in [1.165, 1.54) is 57.8 Å². The van der Waals surface area contributed by atoms with Crippen molar-refractivity contribution in [3.8, 4) is 0 Å². The number of hydrogen-bond donors (Lipinski definition) is 0. The Hall–Kier alpha value is -1.39. The van der Waals surface area contributed by atoms with Gasteiger partial charge in [0.25, 0.3) is 0 Å². The molecule has 32 heavy (non-hydrogen) atoms. The van der Waals surface area contributed by atoms with E-state index in [9.17, 15) is 22.0 Å². The molecule has 0 aliphatic heterocycles. The molecule has 1 aromatic rings. The second-order valence-corrected chi connectivity index (χ2v) is 9.94. The van der Waals surface area contributed by atoms with E-state index in [2.05, 4.69) is 19.1 Å². The van der Waals surface area contributed by atoms with Crippen molar-refractivity contribution in [2.75, 3.05) is 0 Å². The number of hydrogen-bond acceptors (Lipinski definition) is 0. The van der Waals surface area contributed by atoms with Gasteiger partial charge >= 0.3 is 6.18 Å². The highest BCUT2D eigenvalue weighted by atomic mass is 19.4. The lowest BCUT2D eigenvalue weighted by Crippen LogP contribution is -2.25. The Morgan fingerprint density at radius 2 is 1.34 bits per heavy atom. The van der Waals surface area contributed by atoms with E-state index < -0.39 is 23.4 Å². The summed E-state index contributed by atoms with van der Waals surface area (Å²) >= 11 is 0. The van der Waals surface area contributed by atoms with Crippen LogP contribution in [0.2, 0.25) is 0 Å². The Labute approximate surface area is 189 Å². The van der Waals surface area contributed by atoms with Crippen LogP contribution in [-0.4, -0.2) is 0 Å². The van der Waals surface area contributed by atoms with Crippen molar-refractivity contribution in [3.63, 3.8) is 0 Å². The van der Waals surface area contributed by atoms with Gasteiger partial charge in [-0.25, -0.2) is 8.78 Å². The molecule has 0 amide bonds. The van der Waals surface area contributed by atoms with Crippen molar-refractivity contribution in [1.29, 1.82) is 0 Å². The minimum atomic E-state index is -5.01. The quantitative estimate of drug-likeness (QED) is 0.207. The van der Waals surface area contributed by atoms with Gasteiger partial charge in [-0.05, 0) is 99.2 Å². The van der Waals surface area contributed by atoms with Crippen LogP contribution in [0.1, 0.15) is 107 Å². The Morgan fingerprint density at radius 3 is 1.88 bits per heavy atom. The van der Waals surface area contributed by atoms with Crippen molar-refractivity contribution in [3.05, 3.63) is 47.0 Å². The third-order valence-corrected chi connectivity index (χ3v) is 7.75. The Kier molecular flexibility index (Phi) is 9.19. The molecule has 0 nitrogen and oxygen atoms in total. The van der Waals surface area contributed by atoms with Crippen molar-refractivity contribution in [2.45, 2.75) is 102 Å². The fourth-order valence-corrected chi connectivity index (χ4v) is 5.90. The SMILES string of the molecule is CCC/C=C/CCC[C@H]1CC[C@H]([C@H]2CC[C@H](c3cc(F)c(C(F)(F)F)c(F)c3)CC2)CC1. The lowest BCUT2D eigenvalue weighted by Gasteiger charge is -2.38. The molecule has 1 aromatic carbocycles. The molecule has 0 aromatic heterocycles. The molecule has 0 heterocycles. The predicted molar refractivity (Wildman–Crippen MR) is 119 cm³/mol. The van der Waals surface area contributed by atoms with E-state index in [1.54, 1.807) is 0 Å². The van der Waals surface area contributed by atoms with Crippen LogP contribution in [0, 0.1) is 29.4 Å². The average molecular weight is 457 g/mol. The number of rotatable bonds is 8. The maximum atomic E-state index is 14.0. The van der Waals surface area contributed by atoms with Gasteiger partial charge in [0.05, 0.1) is 0 Å². The summed E-state index contributed by atoms with van der Waals surface area (Å²) in [4.78, 5) is 0. The van der Waals surface area contributed by atoms with Crippen LogP contribution < -0.4 is 0 Å². The lowest BCUT2D eigenvalue weighted by atomic mass is 9.68. The molecule has 0 bridgehead atoms. The Balaban J connectivity index is 1.43. The Morgan fingerprint density at radius 1 is 0.812 bits per heavy atom. The van der Waals surface area contributed by atoms with E-state index in [0.717, 1.165) is 49.7 Å². The zero-order valence-corrected chi connectivity index (χ0v) is 19.2. The summed E-state index contributed by atoms with van der Waals surface area (Å²) in [5.41, 5.74) is -1.40. The molecular weight excluding hydrogens is 419 g/mol. The summed E-state index contributed by atoms with van der Waals surface area (Å²) < 4.78 is 66.4. The van der Waals surface area contributed by atoms with Gasteiger partial charge in [0.2, 0.25) is 0 Å². The maximum absolute atomic E-state index is 14.0. The molecule has 5 heteroatoms. The van der Waals surface area contributed by atoms with Crippen molar-refractivity contribution in [2.24, 2.45) is 17.8 Å². The molecule has 0 unspecified atom stereocenters. The van der Waals surface area contributed by atoms with Crippen molar-refractivity contribution < 1.29 is 22.0 Å². The fraction of sp³-hybridized carbons (Fsp3) is 0.704. The molecule has 2 aliphatic rings. The molecule has 3 rings (SSSR count). The number of alkyl halides is 3. The summed E-state index contributed by atoms with van der Waals surface area (Å²) in [5.74, 6) is -0.802. The smallest absolute Gasteiger partial charge is 0.206 e. The van der Waals surface area contributed by atoms with Crippen LogP contribution in [-0.2, 0) is 6.18 Å². The summed E-state index contributed by atoms with van der Waals surface area (Å²) in [6, 6.07) is 1.80. The number of unbranched alkanes of at least 4 members (excludes halogenated alkanes) is 2. The van der Waals surface area contributed by atoms with Gasteiger partial charge in [0, 0.05) is 0 Å². The number of halogens is 5. The minimum absolute atomic E-state index is 0.0466. The minimum Gasteiger partial charge on any atom is -0.206 e. The molecule has 0 radical (unpaired) electrons. The zero-order valence-electron chi connectivity index (χ0n) is 19.2. The van der Waals surface area contributed by atoms with Gasteiger partial charge in [-0.1, -0.05) is 44.8 Å². The fourth-order valence-electron chi connectivity index (χ4n) is 5.90. The molecule has 2 aliphatic carbocycles. The number of benzene rings is 1. The first-order chi connectivity index (χ1) is 15.3. The molecule has 180 valence electrons. The maximum Gasteiger partial charge on any atom is 0.422 e. The van der Waals surface area contributed by atoms with Gasteiger partial charge < -0.3 is 0 Å². The highest BCUT2D eigenvalue weighted by molar-refractivity contribution is 5.30. The predicted octanol–water partition coefficient (Wildman–Crippen LogP) is 9.59. The summed E-state index contributed by atoms with van der Waals surface area (Å²) in [6.07, 6.45) is 14.6. The Bertz CT molecular complexity index is 712. The first kappa shape index (κ1) is 25.2. The first-order valence-corrected chi connectivity index (χ1v) is 12.5. The van der Waals surface area contributed by atoms with Crippen LogP contribution >= 0.6 is 0 Å². The molecule has 2 saturated carbocycles. The van der Waals surface area contributed by atoms with Crippen molar-refractivity contribution >= 4 is 0 Å². The van der Waals surface area contributed by atoms with E-state index in [4.69, 9.17) is 0 Å². The largest absolute Gasteiger partial charge is 0.422 e. The van der Waals surface area contributed by atoms with E-state index in [-0.39, 0.29) is 5.92 Å². The van der Waals surface area contributed by atoms with Crippen molar-refractivity contribution in [1.82, 2.24) is 0 Å². The van der Waals surface area contributed by atoms with Crippen LogP contribution in [0.5, 0.6) is 0 Å². The van der Waals surface area contributed by atoms with Gasteiger partial charge in [-0.3, -0.25) is 0 Å². The van der Waals surface area contributed by atoms with E-state index in [0.29, 0.717) is 11.5 Å². The number of allylic oxidation sites excluding steroid dienone is 2. The van der Waals surface area contributed by atoms with Gasteiger partial charge in [0.15, 0.2) is 0 Å². The molecule has 2 fully saturated rings. The topological polar surface area (TPSA) is 0 Å². The molecule has 0 saturated heterocycles. The van der Waals surface area contributed by atoms with Crippen LogP contribution in [0.3, 0.4) is 0 Å². The zero-order chi connectivity index (χ0) is 23.1. The third-order valence-electron chi connectivity index (χ3n) is 7.75. The summed E-state index contributed by atoms with van der Waals surface area (Å²) in [6.45, 7) is 2.20. The van der Waals surface area contributed by atoms with Crippen LogP contribution in [0.4, 0.5) is 22.0 Å². The molecule has 0 N–H and O–H groups in total.